The molecule has 0 saturated carbocycles. The summed E-state index contributed by atoms with van der Waals surface area (Å²) >= 11 is 0. The molecular weight excluding hydrogens is 188 g/mol. The van der Waals surface area contributed by atoms with Crippen LogP contribution in [0.2, 0.25) is 0 Å². The van der Waals surface area contributed by atoms with Crippen molar-refractivity contribution < 1.29 is 19.2 Å². The average molecular weight is 208 g/mol. The van der Waals surface area contributed by atoms with Gasteiger partial charge in [0.2, 0.25) is 0 Å². The first kappa shape index (κ1) is 29.6. The van der Waals surface area contributed by atoms with E-state index in [1.807, 2.05) is 0 Å². The molecule has 0 unspecified atom stereocenters. The molecule has 0 bridgehead atoms. The SMILES string of the molecule is C=C.C=C.C=C.C=C.O[Si](O)(O)O. The van der Waals surface area contributed by atoms with Crippen LogP contribution in [0.1, 0.15) is 0 Å². The highest BCUT2D eigenvalue weighted by molar-refractivity contribution is 6.46. The Kier molecular flexibility index (Phi) is 100. The van der Waals surface area contributed by atoms with Gasteiger partial charge in [0.05, 0.1) is 0 Å². The number of rotatable bonds is 0. The summed E-state index contributed by atoms with van der Waals surface area (Å²) in [6, 6.07) is 0. The molecular formula is C8H20O4Si. The Hall–Kier alpha value is -0.983. The summed E-state index contributed by atoms with van der Waals surface area (Å²) in [6.45, 7) is 24.0. The summed E-state index contributed by atoms with van der Waals surface area (Å²) in [5, 5.41) is 0. The zero-order valence-electron chi connectivity index (χ0n) is 7.95. The fourth-order valence-corrected chi connectivity index (χ4v) is 0. The second kappa shape index (κ2) is 43.9. The van der Waals surface area contributed by atoms with E-state index in [9.17, 15) is 0 Å². The van der Waals surface area contributed by atoms with Crippen molar-refractivity contribution in [1.29, 1.82) is 0 Å². The molecule has 0 radical (unpaired) electrons. The Morgan fingerprint density at radius 1 is 0.462 bits per heavy atom. The highest BCUT2D eigenvalue weighted by Gasteiger charge is 2.22. The molecule has 0 spiro atoms. The van der Waals surface area contributed by atoms with E-state index in [1.54, 1.807) is 0 Å². The van der Waals surface area contributed by atoms with Crippen molar-refractivity contribution in [2.24, 2.45) is 0 Å². The van der Waals surface area contributed by atoms with Crippen molar-refractivity contribution in [2.75, 3.05) is 0 Å². The minimum atomic E-state index is -4.61. The predicted molar refractivity (Wildman–Crippen MR) is 59.6 cm³/mol. The van der Waals surface area contributed by atoms with Crippen LogP contribution in [0.25, 0.3) is 0 Å². The van der Waals surface area contributed by atoms with E-state index in [-0.39, 0.29) is 0 Å². The Labute approximate surface area is 81.6 Å². The van der Waals surface area contributed by atoms with Gasteiger partial charge in [0.1, 0.15) is 0 Å². The van der Waals surface area contributed by atoms with Crippen LogP contribution in [-0.2, 0) is 0 Å². The minimum absolute atomic E-state index is 3.00. The molecule has 0 amide bonds. The van der Waals surface area contributed by atoms with Crippen molar-refractivity contribution in [2.45, 2.75) is 0 Å². The van der Waals surface area contributed by atoms with Crippen LogP contribution >= 0.6 is 0 Å². The van der Waals surface area contributed by atoms with Gasteiger partial charge in [0.25, 0.3) is 0 Å². The molecule has 0 aromatic carbocycles. The maximum atomic E-state index is 7.33. The zero-order valence-corrected chi connectivity index (χ0v) is 8.95. The van der Waals surface area contributed by atoms with Gasteiger partial charge in [0.15, 0.2) is 0 Å². The molecule has 4 N–H and O–H groups in total. The number of hydrogen-bond donors (Lipinski definition) is 4. The van der Waals surface area contributed by atoms with Crippen LogP contribution in [0.15, 0.2) is 52.6 Å². The van der Waals surface area contributed by atoms with Crippen LogP contribution in [0, 0.1) is 0 Å². The molecule has 0 rings (SSSR count). The van der Waals surface area contributed by atoms with Crippen LogP contribution in [-0.4, -0.2) is 28.2 Å². The Balaban J connectivity index is -0.0000000230. The van der Waals surface area contributed by atoms with Crippen molar-refractivity contribution in [3.8, 4) is 0 Å². The first-order valence-corrected chi connectivity index (χ1v) is 4.68. The third-order valence-electron chi connectivity index (χ3n) is 0. The lowest BCUT2D eigenvalue weighted by Gasteiger charge is -1.91. The largest absolute Gasteiger partial charge is 0.668 e. The third kappa shape index (κ3) is 927. The molecule has 0 aromatic rings. The fraction of sp³-hybridized carbons (Fsp3) is 0. The van der Waals surface area contributed by atoms with Crippen LogP contribution < -0.4 is 0 Å². The molecule has 4 nitrogen and oxygen atoms in total. The molecule has 0 aliphatic rings. The molecule has 0 atom stereocenters. The molecule has 80 valence electrons. The molecule has 0 saturated heterocycles. The maximum Gasteiger partial charge on any atom is 0.668 e. The number of hydrogen-bond acceptors (Lipinski definition) is 4. The van der Waals surface area contributed by atoms with E-state index in [0.29, 0.717) is 0 Å². The molecule has 0 aliphatic heterocycles. The van der Waals surface area contributed by atoms with Gasteiger partial charge in [0, 0.05) is 0 Å². The van der Waals surface area contributed by atoms with Crippen LogP contribution in [0.4, 0.5) is 0 Å². The fourth-order valence-electron chi connectivity index (χ4n) is 0. The Bertz CT molecular complexity index is 59.0. The summed E-state index contributed by atoms with van der Waals surface area (Å²) in [6.07, 6.45) is 0. The van der Waals surface area contributed by atoms with Crippen molar-refractivity contribution in [1.82, 2.24) is 0 Å². The molecule has 13 heavy (non-hydrogen) atoms. The molecule has 0 fully saturated rings. The van der Waals surface area contributed by atoms with Gasteiger partial charge < -0.3 is 19.2 Å². The van der Waals surface area contributed by atoms with E-state index in [0.717, 1.165) is 0 Å². The van der Waals surface area contributed by atoms with Crippen molar-refractivity contribution in [3.05, 3.63) is 52.6 Å². The van der Waals surface area contributed by atoms with Gasteiger partial charge in [-0.05, 0) is 0 Å². The molecule has 5 heteroatoms. The average Bonchev–Trinajstić information content (AvgIpc) is 2.14. The first-order chi connectivity index (χ1) is 6.00. The summed E-state index contributed by atoms with van der Waals surface area (Å²) < 4.78 is 0. The lowest BCUT2D eigenvalue weighted by Crippen LogP contribution is -2.33. The normalized spacial score (nSPS) is 5.85. The van der Waals surface area contributed by atoms with E-state index in [1.165, 1.54) is 0 Å². The van der Waals surface area contributed by atoms with Gasteiger partial charge in [-0.3, -0.25) is 0 Å². The lowest BCUT2D eigenvalue weighted by atomic mass is 11.3. The van der Waals surface area contributed by atoms with Gasteiger partial charge in [-0.2, -0.15) is 0 Å². The van der Waals surface area contributed by atoms with Crippen LogP contribution in [0.3, 0.4) is 0 Å². The topological polar surface area (TPSA) is 80.9 Å². The van der Waals surface area contributed by atoms with Gasteiger partial charge in [-0.25, -0.2) is 0 Å². The summed E-state index contributed by atoms with van der Waals surface area (Å²) in [7, 11) is -4.61. The minimum Gasteiger partial charge on any atom is -0.368 e. The van der Waals surface area contributed by atoms with Crippen molar-refractivity contribution in [3.63, 3.8) is 0 Å². The van der Waals surface area contributed by atoms with Gasteiger partial charge in [-0.1, -0.05) is 0 Å². The summed E-state index contributed by atoms with van der Waals surface area (Å²) in [5.41, 5.74) is 0. The van der Waals surface area contributed by atoms with E-state index in [2.05, 4.69) is 52.6 Å². The van der Waals surface area contributed by atoms with Crippen LogP contribution in [0.5, 0.6) is 0 Å². The summed E-state index contributed by atoms with van der Waals surface area (Å²) in [4.78, 5) is 29.3. The van der Waals surface area contributed by atoms with Crippen molar-refractivity contribution >= 4 is 9.05 Å². The Morgan fingerprint density at radius 2 is 0.462 bits per heavy atom. The highest BCUT2D eigenvalue weighted by atomic mass is 28.4. The Morgan fingerprint density at radius 3 is 0.462 bits per heavy atom. The second-order valence-electron chi connectivity index (χ2n) is 0.600. The summed E-state index contributed by atoms with van der Waals surface area (Å²) in [5.74, 6) is 0. The maximum absolute atomic E-state index is 7.33. The van der Waals surface area contributed by atoms with Gasteiger partial charge in [-0.15, -0.1) is 52.6 Å². The highest BCUT2D eigenvalue weighted by Crippen LogP contribution is 1.67. The molecule has 0 aromatic heterocycles. The standard InChI is InChI=1S/4C2H4.H4O4Si/c4*1-2;1-5(2,3)4/h4*1-2H2;1-4H. The lowest BCUT2D eigenvalue weighted by molar-refractivity contribution is 0.117. The first-order valence-electron chi connectivity index (χ1n) is 2.89. The molecule has 0 heterocycles. The van der Waals surface area contributed by atoms with E-state index >= 15 is 0 Å². The smallest absolute Gasteiger partial charge is 0.368 e. The van der Waals surface area contributed by atoms with E-state index in [4.69, 9.17) is 19.2 Å². The predicted octanol–water partition coefficient (Wildman–Crippen LogP) is 0.600. The van der Waals surface area contributed by atoms with Gasteiger partial charge >= 0.3 is 9.05 Å². The second-order valence-corrected chi connectivity index (χ2v) is 1.80. The van der Waals surface area contributed by atoms with E-state index < -0.39 is 9.05 Å². The molecule has 0 aliphatic carbocycles. The zero-order chi connectivity index (χ0) is 12.5. The quantitative estimate of drug-likeness (QED) is 0.347. The monoisotopic (exact) mass is 208 g/mol. The third-order valence-corrected chi connectivity index (χ3v) is 0.